The first kappa shape index (κ1) is 30.8. The van der Waals surface area contributed by atoms with E-state index in [1.165, 1.54) is 12.4 Å². The lowest BCUT2D eigenvalue weighted by atomic mass is 10.1. The highest BCUT2D eigenvalue weighted by molar-refractivity contribution is 5.79. The fourth-order valence-electron chi connectivity index (χ4n) is 4.72. The molecule has 0 bridgehead atoms. The molecule has 11 nitrogen and oxygen atoms in total. The molecular weight excluding hydrogens is 600 g/mol. The van der Waals surface area contributed by atoms with Crippen LogP contribution in [0.3, 0.4) is 0 Å². The zero-order valence-corrected chi connectivity index (χ0v) is 25.1. The van der Waals surface area contributed by atoms with Crippen molar-refractivity contribution in [1.29, 1.82) is 0 Å². The normalized spacial score (nSPS) is 11.4. The van der Waals surface area contributed by atoms with Gasteiger partial charge in [0.2, 0.25) is 0 Å². The lowest BCUT2D eigenvalue weighted by molar-refractivity contribution is 0.0727. The summed E-state index contributed by atoms with van der Waals surface area (Å²) in [4.78, 5) is 0. The summed E-state index contributed by atoms with van der Waals surface area (Å²) < 4.78 is 28.5. The molecule has 0 spiro atoms. The van der Waals surface area contributed by atoms with Crippen molar-refractivity contribution in [3.8, 4) is 34.0 Å². The van der Waals surface area contributed by atoms with Crippen molar-refractivity contribution in [2.24, 2.45) is 10.3 Å². The molecule has 0 aliphatic heterocycles. The number of oxime groups is 2. The smallest absolute Gasteiger partial charge is 0.163 e. The Balaban J connectivity index is 0.955. The van der Waals surface area contributed by atoms with Crippen molar-refractivity contribution >= 4 is 12.4 Å². The van der Waals surface area contributed by atoms with E-state index < -0.39 is 0 Å². The minimum atomic E-state index is 0.214. The fourth-order valence-corrected chi connectivity index (χ4v) is 4.72. The monoisotopic (exact) mass is 630 g/mol. The van der Waals surface area contributed by atoms with Crippen molar-refractivity contribution in [3.63, 3.8) is 0 Å². The van der Waals surface area contributed by atoms with Gasteiger partial charge in [-0.1, -0.05) is 57.0 Å². The van der Waals surface area contributed by atoms with Crippen molar-refractivity contribution < 1.29 is 33.7 Å². The Morgan fingerprint density at radius 1 is 0.553 bits per heavy atom. The molecule has 0 radical (unpaired) electrons. The number of hydrogen-bond acceptors (Lipinski definition) is 11. The van der Waals surface area contributed by atoms with Crippen LogP contribution in [0.15, 0.2) is 129 Å². The Kier molecular flexibility index (Phi) is 9.96. The van der Waals surface area contributed by atoms with Crippen LogP contribution in [0.4, 0.5) is 0 Å². The van der Waals surface area contributed by atoms with Crippen LogP contribution in [-0.4, -0.2) is 33.2 Å². The van der Waals surface area contributed by atoms with E-state index in [1.54, 1.807) is 0 Å². The predicted octanol–water partition coefficient (Wildman–Crippen LogP) is 7.49. The molecule has 6 aromatic rings. The topological polar surface area (TPSA) is 145 Å². The van der Waals surface area contributed by atoms with E-state index in [0.29, 0.717) is 47.6 Å². The van der Waals surface area contributed by atoms with Crippen molar-refractivity contribution in [2.75, 3.05) is 0 Å². The van der Waals surface area contributed by atoms with Crippen LogP contribution in [0, 0.1) is 0 Å². The predicted molar refractivity (Wildman–Crippen MR) is 173 cm³/mol. The molecule has 6 rings (SSSR count). The Morgan fingerprint density at radius 2 is 1.00 bits per heavy atom. The average Bonchev–Trinajstić information content (AvgIpc) is 3.78. The Morgan fingerprint density at radius 3 is 1.43 bits per heavy atom. The maximum Gasteiger partial charge on any atom is 0.163 e. The number of nitrogens with zero attached hydrogens (tertiary/aromatic N) is 4. The highest BCUT2D eigenvalue weighted by Crippen LogP contribution is 2.25. The first-order chi connectivity index (χ1) is 23.1. The molecule has 4 aromatic carbocycles. The fraction of sp³-hybridized carbons (Fsp3) is 0.111. The quantitative estimate of drug-likeness (QED) is 0.0710. The minimum absolute atomic E-state index is 0.214. The van der Waals surface area contributed by atoms with E-state index in [9.17, 15) is 0 Å². The SMILES string of the molecule is ON=Cc1cccc(COc2ccc(-c3cc(COCc4cc(-c5ccc(OCc6cccc(C=NO)c6)cc5)no4)on3)cc2)c1. The third kappa shape index (κ3) is 8.50. The molecule has 2 N–H and O–H groups in total. The molecule has 0 unspecified atom stereocenters. The maximum absolute atomic E-state index is 8.73. The van der Waals surface area contributed by atoms with Crippen LogP contribution >= 0.6 is 0 Å². The van der Waals surface area contributed by atoms with E-state index in [1.807, 2.05) is 109 Å². The molecule has 2 heterocycles. The summed E-state index contributed by atoms with van der Waals surface area (Å²) >= 11 is 0. The Labute approximate surface area is 269 Å². The highest BCUT2D eigenvalue weighted by Gasteiger charge is 2.11. The summed E-state index contributed by atoms with van der Waals surface area (Å²) in [7, 11) is 0. The third-order valence-corrected chi connectivity index (χ3v) is 7.03. The summed E-state index contributed by atoms with van der Waals surface area (Å²) in [5.41, 5.74) is 6.63. The van der Waals surface area contributed by atoms with Gasteiger partial charge >= 0.3 is 0 Å². The third-order valence-electron chi connectivity index (χ3n) is 7.03. The minimum Gasteiger partial charge on any atom is -0.489 e. The molecule has 47 heavy (non-hydrogen) atoms. The molecule has 0 aliphatic carbocycles. The number of aromatic nitrogens is 2. The zero-order valence-electron chi connectivity index (χ0n) is 25.1. The van der Waals surface area contributed by atoms with Gasteiger partial charge in [0, 0.05) is 23.3 Å². The second-order valence-electron chi connectivity index (χ2n) is 10.5. The number of rotatable bonds is 14. The number of hydrogen-bond donors (Lipinski definition) is 2. The van der Waals surface area contributed by atoms with Crippen LogP contribution < -0.4 is 9.47 Å². The summed E-state index contributed by atoms with van der Waals surface area (Å²) in [5, 5.41) is 31.9. The van der Waals surface area contributed by atoms with Gasteiger partial charge in [0.1, 0.15) is 49.3 Å². The number of benzene rings is 4. The molecule has 0 atom stereocenters. The van der Waals surface area contributed by atoms with Gasteiger partial charge in [-0.25, -0.2) is 0 Å². The summed E-state index contributed by atoms with van der Waals surface area (Å²) in [6, 6.07) is 33.9. The van der Waals surface area contributed by atoms with Gasteiger partial charge in [-0.2, -0.15) is 0 Å². The van der Waals surface area contributed by atoms with Crippen LogP contribution in [-0.2, 0) is 31.2 Å². The van der Waals surface area contributed by atoms with Gasteiger partial charge in [-0.15, -0.1) is 0 Å². The van der Waals surface area contributed by atoms with Gasteiger partial charge in [0.05, 0.1) is 12.4 Å². The highest BCUT2D eigenvalue weighted by atomic mass is 16.5. The van der Waals surface area contributed by atoms with Gasteiger partial charge in [-0.3, -0.25) is 0 Å². The van der Waals surface area contributed by atoms with E-state index in [2.05, 4.69) is 20.6 Å². The van der Waals surface area contributed by atoms with Crippen LogP contribution in [0.1, 0.15) is 33.8 Å². The van der Waals surface area contributed by atoms with Crippen molar-refractivity contribution in [1.82, 2.24) is 10.3 Å². The number of ether oxygens (including phenoxy) is 3. The molecule has 236 valence electrons. The average molecular weight is 631 g/mol. The molecule has 0 aliphatic rings. The molecule has 2 aromatic heterocycles. The Bertz CT molecular complexity index is 1810. The first-order valence-corrected chi connectivity index (χ1v) is 14.6. The van der Waals surface area contributed by atoms with E-state index in [4.69, 9.17) is 33.7 Å². The summed E-state index contributed by atoms with van der Waals surface area (Å²) in [6.45, 7) is 1.19. The molecular formula is C36H30N4O7. The van der Waals surface area contributed by atoms with Crippen LogP contribution in [0.5, 0.6) is 11.5 Å². The van der Waals surface area contributed by atoms with Gasteiger partial charge in [0.15, 0.2) is 11.5 Å². The van der Waals surface area contributed by atoms with Gasteiger partial charge < -0.3 is 33.7 Å². The maximum atomic E-state index is 8.73. The molecule has 0 amide bonds. The Hall–Kier alpha value is -6.20. The van der Waals surface area contributed by atoms with Crippen LogP contribution in [0.2, 0.25) is 0 Å². The first-order valence-electron chi connectivity index (χ1n) is 14.6. The molecule has 0 saturated carbocycles. The van der Waals surface area contributed by atoms with E-state index in [-0.39, 0.29) is 13.2 Å². The van der Waals surface area contributed by atoms with E-state index >= 15 is 0 Å². The molecule has 0 fully saturated rings. The van der Waals surface area contributed by atoms with Gasteiger partial charge in [-0.05, 0) is 82.9 Å². The second kappa shape index (κ2) is 15.2. The van der Waals surface area contributed by atoms with Crippen molar-refractivity contribution in [3.05, 3.63) is 143 Å². The second-order valence-corrected chi connectivity index (χ2v) is 10.5. The van der Waals surface area contributed by atoms with Crippen LogP contribution in [0.25, 0.3) is 22.5 Å². The summed E-state index contributed by atoms with van der Waals surface area (Å²) in [6.07, 6.45) is 2.75. The van der Waals surface area contributed by atoms with E-state index in [0.717, 1.165) is 33.4 Å². The molecule has 0 saturated heterocycles. The lowest BCUT2D eigenvalue weighted by Crippen LogP contribution is -1.96. The standard InChI is InChI=1S/C36H30N4O7/c41-37-19-25-3-1-5-27(15-25)21-44-31-11-7-29(8-12-31)35-17-33(46-39-35)23-43-24-34-18-36(40-47-34)30-9-13-32(14-10-30)45-22-28-6-2-4-26(16-28)20-38-42/h1-20,41-42H,21-24H2. The largest absolute Gasteiger partial charge is 0.489 e. The van der Waals surface area contributed by atoms with Crippen molar-refractivity contribution in [2.45, 2.75) is 26.4 Å². The lowest BCUT2D eigenvalue weighted by Gasteiger charge is -2.07. The summed E-state index contributed by atoms with van der Waals surface area (Å²) in [5.74, 6) is 2.59. The zero-order chi connectivity index (χ0) is 32.3. The molecule has 11 heteroatoms. The van der Waals surface area contributed by atoms with Gasteiger partial charge in [0.25, 0.3) is 0 Å².